The molecule has 2 rings (SSSR count). The number of amides is 2. The van der Waals surface area contributed by atoms with Crippen molar-refractivity contribution >= 4 is 40.8 Å². The number of hydrogen-bond donors (Lipinski definition) is 3. The number of rotatable bonds is 5. The summed E-state index contributed by atoms with van der Waals surface area (Å²) in [4.78, 5) is 36.9. The highest BCUT2D eigenvalue weighted by atomic mass is 35.5. The summed E-state index contributed by atoms with van der Waals surface area (Å²) in [6, 6.07) is 7.93. The van der Waals surface area contributed by atoms with Crippen LogP contribution in [-0.2, 0) is 14.3 Å². The quantitative estimate of drug-likeness (QED) is 0.730. The van der Waals surface area contributed by atoms with Gasteiger partial charge in [0, 0.05) is 24.5 Å². The van der Waals surface area contributed by atoms with Gasteiger partial charge in [-0.1, -0.05) is 11.6 Å². The lowest BCUT2D eigenvalue weighted by Crippen LogP contribution is -2.21. The minimum absolute atomic E-state index is 0.169. The van der Waals surface area contributed by atoms with Crippen LogP contribution < -0.4 is 10.6 Å². The second-order valence-corrected chi connectivity index (χ2v) is 5.05. The molecule has 0 bridgehead atoms. The molecule has 0 fully saturated rings. The Hall–Kier alpha value is -2.80. The van der Waals surface area contributed by atoms with E-state index in [9.17, 15) is 14.4 Å². The minimum atomic E-state index is -0.673. The van der Waals surface area contributed by atoms with Crippen molar-refractivity contribution in [1.29, 1.82) is 0 Å². The molecule has 7 nitrogen and oxygen atoms in total. The Labute approximate surface area is 137 Å². The molecular formula is C15H14ClN3O4. The zero-order valence-electron chi connectivity index (χ0n) is 12.2. The zero-order valence-corrected chi connectivity index (χ0v) is 12.9. The molecule has 2 amide bonds. The predicted molar refractivity (Wildman–Crippen MR) is 85.5 cm³/mol. The lowest BCUT2D eigenvalue weighted by Gasteiger charge is -2.07. The maximum absolute atomic E-state index is 11.7. The summed E-state index contributed by atoms with van der Waals surface area (Å²) in [5, 5.41) is 5.56. The molecule has 3 N–H and O–H groups in total. The summed E-state index contributed by atoms with van der Waals surface area (Å²) in [7, 11) is 0. The molecule has 0 saturated heterocycles. The number of carbonyl (C=O) groups excluding carboxylic acids is 3. The second kappa shape index (κ2) is 7.46. The van der Waals surface area contributed by atoms with Gasteiger partial charge < -0.3 is 20.4 Å². The average Bonchev–Trinajstić information content (AvgIpc) is 2.93. The normalized spacial score (nSPS) is 10.0. The van der Waals surface area contributed by atoms with E-state index in [4.69, 9.17) is 16.3 Å². The maximum Gasteiger partial charge on any atom is 0.355 e. The highest BCUT2D eigenvalue weighted by Crippen LogP contribution is 2.14. The van der Waals surface area contributed by atoms with Crippen molar-refractivity contribution < 1.29 is 19.1 Å². The summed E-state index contributed by atoms with van der Waals surface area (Å²) in [5.41, 5.74) is 1.30. The molecule has 0 radical (unpaired) electrons. The van der Waals surface area contributed by atoms with Gasteiger partial charge >= 0.3 is 5.97 Å². The van der Waals surface area contributed by atoms with E-state index < -0.39 is 18.5 Å². The molecule has 23 heavy (non-hydrogen) atoms. The van der Waals surface area contributed by atoms with Gasteiger partial charge in [-0.3, -0.25) is 9.59 Å². The monoisotopic (exact) mass is 335 g/mol. The number of aromatic amines is 1. The van der Waals surface area contributed by atoms with E-state index in [1.807, 2.05) is 0 Å². The van der Waals surface area contributed by atoms with Gasteiger partial charge in [-0.2, -0.15) is 0 Å². The van der Waals surface area contributed by atoms with Crippen molar-refractivity contribution in [2.24, 2.45) is 0 Å². The molecule has 120 valence electrons. The van der Waals surface area contributed by atoms with Gasteiger partial charge in [0.15, 0.2) is 6.61 Å². The van der Waals surface area contributed by atoms with Gasteiger partial charge in [0.2, 0.25) is 5.91 Å². The van der Waals surface area contributed by atoms with E-state index >= 15 is 0 Å². The summed E-state index contributed by atoms with van der Waals surface area (Å²) >= 11 is 5.67. The SMILES string of the molecule is CC(=O)Nc1ccc(NC(=O)COC(=O)c2cc(Cl)c[nH]2)cc1. The number of benzene rings is 1. The summed E-state index contributed by atoms with van der Waals surface area (Å²) < 4.78 is 4.85. The van der Waals surface area contributed by atoms with Crippen molar-refractivity contribution in [3.8, 4) is 0 Å². The van der Waals surface area contributed by atoms with Gasteiger partial charge in [0.1, 0.15) is 5.69 Å². The molecule has 0 aliphatic rings. The molecule has 0 unspecified atom stereocenters. The number of nitrogens with one attached hydrogen (secondary N) is 3. The average molecular weight is 336 g/mol. The minimum Gasteiger partial charge on any atom is -0.451 e. The first-order chi connectivity index (χ1) is 10.9. The Kier molecular flexibility index (Phi) is 5.37. The van der Waals surface area contributed by atoms with Crippen LogP contribution in [0, 0.1) is 0 Å². The van der Waals surface area contributed by atoms with Crippen molar-refractivity contribution in [2.75, 3.05) is 17.2 Å². The first kappa shape index (κ1) is 16.6. The summed E-state index contributed by atoms with van der Waals surface area (Å²) in [6.45, 7) is 0.976. The molecule has 0 aliphatic heterocycles. The molecular weight excluding hydrogens is 322 g/mol. The molecule has 0 atom stereocenters. The van der Waals surface area contributed by atoms with Crippen LogP contribution in [0.25, 0.3) is 0 Å². The number of aromatic nitrogens is 1. The highest BCUT2D eigenvalue weighted by Gasteiger charge is 2.12. The summed E-state index contributed by atoms with van der Waals surface area (Å²) in [5.74, 6) is -1.34. The fraction of sp³-hybridized carbons (Fsp3) is 0.133. The van der Waals surface area contributed by atoms with E-state index in [1.165, 1.54) is 19.2 Å². The number of anilines is 2. The smallest absolute Gasteiger partial charge is 0.355 e. The number of H-pyrrole nitrogens is 1. The highest BCUT2D eigenvalue weighted by molar-refractivity contribution is 6.30. The number of carbonyl (C=O) groups is 3. The van der Waals surface area contributed by atoms with Crippen molar-refractivity contribution in [3.05, 3.63) is 47.2 Å². The Bertz CT molecular complexity index is 725. The van der Waals surface area contributed by atoms with Gasteiger partial charge in [0.05, 0.1) is 5.02 Å². The number of hydrogen-bond acceptors (Lipinski definition) is 4. The molecule has 1 heterocycles. The summed E-state index contributed by atoms with van der Waals surface area (Å²) in [6.07, 6.45) is 1.44. The van der Waals surface area contributed by atoms with Crippen molar-refractivity contribution in [3.63, 3.8) is 0 Å². The Morgan fingerprint density at radius 3 is 2.26 bits per heavy atom. The largest absolute Gasteiger partial charge is 0.451 e. The number of halogens is 1. The Morgan fingerprint density at radius 1 is 1.13 bits per heavy atom. The van der Waals surface area contributed by atoms with Crippen LogP contribution in [-0.4, -0.2) is 29.4 Å². The van der Waals surface area contributed by atoms with E-state index in [1.54, 1.807) is 24.3 Å². The van der Waals surface area contributed by atoms with E-state index in [2.05, 4.69) is 15.6 Å². The van der Waals surface area contributed by atoms with Crippen molar-refractivity contribution in [1.82, 2.24) is 4.98 Å². The number of ether oxygens (including phenoxy) is 1. The third-order valence-corrected chi connectivity index (χ3v) is 2.91. The van der Waals surface area contributed by atoms with E-state index in [0.29, 0.717) is 16.4 Å². The van der Waals surface area contributed by atoms with Crippen LogP contribution in [0.3, 0.4) is 0 Å². The van der Waals surface area contributed by atoms with Crippen LogP contribution in [0.4, 0.5) is 11.4 Å². The van der Waals surface area contributed by atoms with Gasteiger partial charge in [0.25, 0.3) is 5.91 Å². The van der Waals surface area contributed by atoms with Gasteiger partial charge in [-0.15, -0.1) is 0 Å². The molecule has 2 aromatic rings. The van der Waals surface area contributed by atoms with Crippen LogP contribution >= 0.6 is 11.6 Å². The Balaban J connectivity index is 1.82. The van der Waals surface area contributed by atoms with Gasteiger partial charge in [-0.05, 0) is 30.3 Å². The number of esters is 1. The van der Waals surface area contributed by atoms with Crippen LogP contribution in [0.2, 0.25) is 5.02 Å². The van der Waals surface area contributed by atoms with E-state index in [0.717, 1.165) is 0 Å². The topological polar surface area (TPSA) is 100 Å². The molecule has 0 aliphatic carbocycles. The molecule has 1 aromatic heterocycles. The van der Waals surface area contributed by atoms with Crippen LogP contribution in [0.5, 0.6) is 0 Å². The lowest BCUT2D eigenvalue weighted by atomic mass is 10.2. The predicted octanol–water partition coefficient (Wildman–Crippen LogP) is 2.42. The maximum atomic E-state index is 11.7. The fourth-order valence-electron chi connectivity index (χ4n) is 1.73. The standard InChI is InChI=1S/C15H14ClN3O4/c1-9(20)18-11-2-4-12(5-3-11)19-14(21)8-23-15(22)13-6-10(16)7-17-13/h2-7,17H,8H2,1H3,(H,18,20)(H,19,21). The first-order valence-corrected chi connectivity index (χ1v) is 7.00. The van der Waals surface area contributed by atoms with E-state index in [-0.39, 0.29) is 11.6 Å². The molecule has 1 aromatic carbocycles. The molecule has 0 spiro atoms. The first-order valence-electron chi connectivity index (χ1n) is 6.62. The van der Waals surface area contributed by atoms with Gasteiger partial charge in [-0.25, -0.2) is 4.79 Å². The third-order valence-electron chi connectivity index (χ3n) is 2.69. The van der Waals surface area contributed by atoms with Crippen LogP contribution in [0.1, 0.15) is 17.4 Å². The van der Waals surface area contributed by atoms with Crippen LogP contribution in [0.15, 0.2) is 36.5 Å². The third kappa shape index (κ3) is 5.15. The fourth-order valence-corrected chi connectivity index (χ4v) is 1.90. The Morgan fingerprint density at radius 2 is 1.74 bits per heavy atom. The zero-order chi connectivity index (χ0) is 16.8. The molecule has 0 saturated carbocycles. The second-order valence-electron chi connectivity index (χ2n) is 4.61. The lowest BCUT2D eigenvalue weighted by molar-refractivity contribution is -0.119. The molecule has 8 heteroatoms. The van der Waals surface area contributed by atoms with Crippen molar-refractivity contribution in [2.45, 2.75) is 6.92 Å².